The van der Waals surface area contributed by atoms with Crippen LogP contribution >= 0.6 is 0 Å². The highest BCUT2D eigenvalue weighted by Crippen LogP contribution is 2.50. The van der Waals surface area contributed by atoms with Gasteiger partial charge in [-0.25, -0.2) is 0 Å². The molecule has 184 valence electrons. The highest BCUT2D eigenvalue weighted by atomic mass is 19.4. The molecule has 4 nitrogen and oxygen atoms in total. The van der Waals surface area contributed by atoms with Gasteiger partial charge in [0.1, 0.15) is 0 Å². The van der Waals surface area contributed by atoms with Gasteiger partial charge >= 0.3 is 12.4 Å². The first kappa shape index (κ1) is 24.6. The first-order valence-corrected chi connectivity index (χ1v) is 10.7. The Morgan fingerprint density at radius 2 is 1.47 bits per heavy atom. The summed E-state index contributed by atoms with van der Waals surface area (Å²) in [4.78, 5) is 2.28. The van der Waals surface area contributed by atoms with Crippen molar-refractivity contribution in [1.82, 2.24) is 9.47 Å². The van der Waals surface area contributed by atoms with E-state index in [1.54, 1.807) is 6.92 Å². The summed E-state index contributed by atoms with van der Waals surface area (Å²) in [6.45, 7) is 5.96. The lowest BCUT2D eigenvalue weighted by molar-refractivity contribution is -0.376. The number of benzene rings is 2. The Kier molecular flexibility index (Phi) is 6.43. The number of aryl methyl sites for hydroxylation is 1. The summed E-state index contributed by atoms with van der Waals surface area (Å²) in [6, 6.07) is 12.1. The number of morpholine rings is 1. The maximum Gasteiger partial charge on any atom is 0.430 e. The summed E-state index contributed by atoms with van der Waals surface area (Å²) in [5.41, 5.74) is -2.99. The summed E-state index contributed by atoms with van der Waals surface area (Å²) in [5, 5.41) is 9.91. The third-order valence-electron chi connectivity index (χ3n) is 6.19. The fourth-order valence-electron chi connectivity index (χ4n) is 4.36. The van der Waals surface area contributed by atoms with Crippen LogP contribution in [-0.4, -0.2) is 53.2 Å². The molecule has 10 heteroatoms. The number of alkyl halides is 6. The van der Waals surface area contributed by atoms with Crippen LogP contribution in [0.1, 0.15) is 22.4 Å². The van der Waals surface area contributed by atoms with Gasteiger partial charge in [0.25, 0.3) is 5.60 Å². The highest BCUT2D eigenvalue weighted by Gasteiger charge is 2.71. The molecule has 0 atom stereocenters. The van der Waals surface area contributed by atoms with Crippen molar-refractivity contribution in [3.63, 3.8) is 0 Å². The quantitative estimate of drug-likeness (QED) is 0.508. The average Bonchev–Trinajstić information content (AvgIpc) is 3.07. The van der Waals surface area contributed by atoms with Gasteiger partial charge in [-0.2, -0.15) is 26.3 Å². The van der Waals surface area contributed by atoms with E-state index in [4.69, 9.17) is 4.74 Å². The van der Waals surface area contributed by atoms with Gasteiger partial charge in [-0.05, 0) is 36.2 Å². The van der Waals surface area contributed by atoms with E-state index < -0.39 is 23.5 Å². The molecule has 2 heterocycles. The Hall–Kier alpha value is -2.56. The van der Waals surface area contributed by atoms with Gasteiger partial charge in [0.2, 0.25) is 0 Å². The molecule has 0 radical (unpaired) electrons. The lowest BCUT2D eigenvalue weighted by atomic mass is 9.91. The van der Waals surface area contributed by atoms with E-state index in [1.165, 1.54) is 12.1 Å². The Morgan fingerprint density at radius 3 is 2.09 bits per heavy atom. The maximum atomic E-state index is 13.3. The van der Waals surface area contributed by atoms with Crippen molar-refractivity contribution in [2.24, 2.45) is 0 Å². The molecule has 4 rings (SSSR count). The lowest BCUT2D eigenvalue weighted by Crippen LogP contribution is -2.53. The van der Waals surface area contributed by atoms with Crippen LogP contribution in [0.2, 0.25) is 0 Å². The van der Waals surface area contributed by atoms with Gasteiger partial charge in [-0.3, -0.25) is 4.90 Å². The zero-order valence-electron chi connectivity index (χ0n) is 18.4. The molecule has 1 aromatic heterocycles. The molecule has 0 unspecified atom stereocenters. The Bertz CT molecular complexity index is 1150. The molecular formula is C24H24F6N2O2. The molecule has 0 amide bonds. The number of halogens is 6. The second-order valence-corrected chi connectivity index (χ2v) is 8.56. The van der Waals surface area contributed by atoms with E-state index >= 15 is 0 Å². The molecule has 0 bridgehead atoms. The van der Waals surface area contributed by atoms with Crippen LogP contribution in [0, 0.1) is 6.92 Å². The minimum atomic E-state index is -5.92. The van der Waals surface area contributed by atoms with Gasteiger partial charge in [0.05, 0.1) is 13.2 Å². The van der Waals surface area contributed by atoms with Crippen LogP contribution < -0.4 is 0 Å². The van der Waals surface area contributed by atoms with Gasteiger partial charge < -0.3 is 14.4 Å². The fraction of sp³-hybridized carbons (Fsp3) is 0.417. The molecule has 0 saturated carbocycles. The molecule has 0 spiro atoms. The molecule has 1 aliphatic rings. The fourth-order valence-corrected chi connectivity index (χ4v) is 4.36. The van der Waals surface area contributed by atoms with Crippen molar-refractivity contribution in [3.8, 4) is 0 Å². The first-order valence-electron chi connectivity index (χ1n) is 10.7. The van der Waals surface area contributed by atoms with Crippen LogP contribution in [0.5, 0.6) is 0 Å². The van der Waals surface area contributed by atoms with Gasteiger partial charge in [0.15, 0.2) is 0 Å². The standard InChI is InChI=1S/C24H24F6N2O2/c1-16-11-19-13-20(22(33,23(25,26)27)24(28,29)30)5-6-21(19)32(16)15-18-4-2-3-17(12-18)14-31-7-9-34-10-8-31/h2-6,11-13,33H,7-10,14-15H2,1H3. The van der Waals surface area contributed by atoms with Gasteiger partial charge in [-0.15, -0.1) is 0 Å². The Morgan fingerprint density at radius 1 is 0.853 bits per heavy atom. The SMILES string of the molecule is Cc1cc2cc(C(O)(C(F)(F)F)C(F)(F)F)ccc2n1Cc1cccc(CN2CCOCC2)c1. The lowest BCUT2D eigenvalue weighted by Gasteiger charge is -2.32. The number of nitrogens with zero attached hydrogens (tertiary/aromatic N) is 2. The van der Waals surface area contributed by atoms with E-state index in [-0.39, 0.29) is 5.39 Å². The average molecular weight is 486 g/mol. The normalized spacial score (nSPS) is 16.4. The number of aliphatic hydroxyl groups is 1. The molecule has 1 aliphatic heterocycles. The molecule has 2 aromatic carbocycles. The maximum absolute atomic E-state index is 13.3. The number of ether oxygens (including phenoxy) is 1. The summed E-state index contributed by atoms with van der Waals surface area (Å²) >= 11 is 0. The molecule has 1 saturated heterocycles. The van der Waals surface area contributed by atoms with Crippen LogP contribution in [-0.2, 0) is 23.4 Å². The number of aromatic nitrogens is 1. The monoisotopic (exact) mass is 486 g/mol. The van der Waals surface area contributed by atoms with E-state index in [9.17, 15) is 31.4 Å². The summed E-state index contributed by atoms with van der Waals surface area (Å²) in [5.74, 6) is 0. The third-order valence-corrected chi connectivity index (χ3v) is 6.19. The van der Waals surface area contributed by atoms with Crippen molar-refractivity contribution < 1.29 is 36.2 Å². The molecule has 0 aliphatic carbocycles. The highest BCUT2D eigenvalue weighted by molar-refractivity contribution is 5.82. The second kappa shape index (κ2) is 8.90. The summed E-state index contributed by atoms with van der Waals surface area (Å²) < 4.78 is 86.9. The largest absolute Gasteiger partial charge is 0.430 e. The summed E-state index contributed by atoms with van der Waals surface area (Å²) in [6.07, 6.45) is -11.8. The van der Waals surface area contributed by atoms with Crippen LogP contribution in [0.3, 0.4) is 0 Å². The number of hydrogen-bond acceptors (Lipinski definition) is 3. The van der Waals surface area contributed by atoms with Crippen molar-refractivity contribution in [3.05, 3.63) is 70.9 Å². The second-order valence-electron chi connectivity index (χ2n) is 8.56. The zero-order valence-corrected chi connectivity index (χ0v) is 18.4. The van der Waals surface area contributed by atoms with E-state index in [0.717, 1.165) is 36.8 Å². The van der Waals surface area contributed by atoms with Crippen molar-refractivity contribution >= 4 is 10.9 Å². The van der Waals surface area contributed by atoms with Crippen LogP contribution in [0.4, 0.5) is 26.3 Å². The van der Waals surface area contributed by atoms with E-state index in [2.05, 4.69) is 4.90 Å². The summed E-state index contributed by atoms with van der Waals surface area (Å²) in [7, 11) is 0. The molecule has 3 aromatic rings. The topological polar surface area (TPSA) is 37.6 Å². The van der Waals surface area contributed by atoms with Crippen molar-refractivity contribution in [2.45, 2.75) is 38.0 Å². The van der Waals surface area contributed by atoms with E-state index in [0.29, 0.717) is 37.0 Å². The predicted octanol–water partition coefficient (Wildman–Crippen LogP) is 5.14. The number of hydrogen-bond donors (Lipinski definition) is 1. The zero-order chi connectivity index (χ0) is 24.7. The van der Waals surface area contributed by atoms with Crippen LogP contribution in [0.15, 0.2) is 48.5 Å². The molecule has 1 N–H and O–H groups in total. The molecule has 34 heavy (non-hydrogen) atoms. The van der Waals surface area contributed by atoms with Gasteiger partial charge in [0, 0.05) is 48.3 Å². The van der Waals surface area contributed by atoms with Crippen molar-refractivity contribution in [1.29, 1.82) is 0 Å². The first-order chi connectivity index (χ1) is 15.9. The number of rotatable bonds is 5. The Balaban J connectivity index is 1.64. The van der Waals surface area contributed by atoms with Crippen molar-refractivity contribution in [2.75, 3.05) is 26.3 Å². The third kappa shape index (κ3) is 4.54. The smallest absolute Gasteiger partial charge is 0.379 e. The van der Waals surface area contributed by atoms with Gasteiger partial charge in [-0.1, -0.05) is 30.3 Å². The Labute approximate surface area is 192 Å². The van der Waals surface area contributed by atoms with E-state index in [1.807, 2.05) is 28.8 Å². The molecular weight excluding hydrogens is 462 g/mol. The van der Waals surface area contributed by atoms with Crippen LogP contribution in [0.25, 0.3) is 10.9 Å². The minimum absolute atomic E-state index is 0.186. The molecule has 1 fully saturated rings. The number of fused-ring (bicyclic) bond motifs is 1. The minimum Gasteiger partial charge on any atom is -0.379 e. The predicted molar refractivity (Wildman–Crippen MR) is 114 cm³/mol.